The molecule has 1 saturated carbocycles. The molecule has 1 heterocycles. The lowest BCUT2D eigenvalue weighted by atomic mass is 9.85. The van der Waals surface area contributed by atoms with Crippen molar-refractivity contribution in [1.82, 2.24) is 10.6 Å². The molecule has 2 aliphatic rings. The number of carboxylic acid groups (broad SMARTS) is 1. The number of carbonyl (C=O) groups excluding carboxylic acids is 1. The van der Waals surface area contributed by atoms with E-state index in [1.165, 1.54) is 0 Å². The van der Waals surface area contributed by atoms with E-state index in [9.17, 15) is 9.59 Å². The Morgan fingerprint density at radius 1 is 1.11 bits per heavy atom. The van der Waals surface area contributed by atoms with Crippen LogP contribution in [0.1, 0.15) is 44.9 Å². The summed E-state index contributed by atoms with van der Waals surface area (Å²) in [6.45, 7) is 0.903. The van der Waals surface area contributed by atoms with Crippen LogP contribution < -0.4 is 10.6 Å². The molecule has 1 amide bonds. The Hall–Kier alpha value is -1.10. The summed E-state index contributed by atoms with van der Waals surface area (Å²) in [5.74, 6) is -0.973. The highest BCUT2D eigenvalue weighted by Gasteiger charge is 2.29. The van der Waals surface area contributed by atoms with Gasteiger partial charge in [0.15, 0.2) is 0 Å². The van der Waals surface area contributed by atoms with E-state index in [1.54, 1.807) is 0 Å². The molecule has 1 saturated heterocycles. The number of carbonyl (C=O) groups is 2. The summed E-state index contributed by atoms with van der Waals surface area (Å²) in [7, 11) is 0. The number of hydrogen-bond acceptors (Lipinski definition) is 3. The van der Waals surface area contributed by atoms with E-state index in [4.69, 9.17) is 5.11 Å². The van der Waals surface area contributed by atoms with Crippen LogP contribution in [0.25, 0.3) is 0 Å². The van der Waals surface area contributed by atoms with E-state index in [0.717, 1.165) is 45.1 Å². The normalized spacial score (nSPS) is 32.8. The Balaban J connectivity index is 1.81. The first-order chi connectivity index (χ1) is 8.66. The van der Waals surface area contributed by atoms with Gasteiger partial charge in [-0.2, -0.15) is 0 Å². The molecular formula is C13H22N2O3. The summed E-state index contributed by atoms with van der Waals surface area (Å²) in [5.41, 5.74) is 0. The highest BCUT2D eigenvalue weighted by Crippen LogP contribution is 2.24. The molecule has 0 bridgehead atoms. The van der Waals surface area contributed by atoms with Crippen molar-refractivity contribution in [3.63, 3.8) is 0 Å². The minimum Gasteiger partial charge on any atom is -0.481 e. The van der Waals surface area contributed by atoms with Crippen LogP contribution in [0, 0.1) is 5.92 Å². The van der Waals surface area contributed by atoms with Gasteiger partial charge in [0.05, 0.1) is 12.0 Å². The molecule has 1 aliphatic carbocycles. The van der Waals surface area contributed by atoms with E-state index < -0.39 is 5.97 Å². The van der Waals surface area contributed by atoms with Gasteiger partial charge in [-0.1, -0.05) is 12.8 Å². The Labute approximate surface area is 107 Å². The van der Waals surface area contributed by atoms with Gasteiger partial charge < -0.3 is 15.7 Å². The SMILES string of the molecule is O=C(O)C1CCCC(NC(=O)[C@@H]2CCCCN2)C1. The van der Waals surface area contributed by atoms with E-state index in [0.29, 0.717) is 6.42 Å². The number of piperidine rings is 1. The van der Waals surface area contributed by atoms with Crippen LogP contribution in [0.3, 0.4) is 0 Å². The number of aliphatic carboxylic acids is 1. The second kappa shape index (κ2) is 6.18. The van der Waals surface area contributed by atoms with Gasteiger partial charge in [0.25, 0.3) is 0 Å². The van der Waals surface area contributed by atoms with Crippen molar-refractivity contribution in [2.45, 2.75) is 57.0 Å². The molecule has 5 heteroatoms. The number of hydrogen-bond donors (Lipinski definition) is 3. The smallest absolute Gasteiger partial charge is 0.306 e. The van der Waals surface area contributed by atoms with Crippen LogP contribution in [-0.4, -0.2) is 35.6 Å². The number of nitrogens with one attached hydrogen (secondary N) is 2. The zero-order chi connectivity index (χ0) is 13.0. The minimum atomic E-state index is -0.732. The largest absolute Gasteiger partial charge is 0.481 e. The fraction of sp³-hybridized carbons (Fsp3) is 0.846. The lowest BCUT2D eigenvalue weighted by Gasteiger charge is -2.30. The highest BCUT2D eigenvalue weighted by molar-refractivity contribution is 5.82. The summed E-state index contributed by atoms with van der Waals surface area (Å²) in [6.07, 6.45) is 6.22. The molecule has 102 valence electrons. The Morgan fingerprint density at radius 3 is 2.61 bits per heavy atom. The van der Waals surface area contributed by atoms with Crippen LogP contribution in [0.5, 0.6) is 0 Å². The molecule has 3 atom stereocenters. The Bertz CT molecular complexity index is 313. The second-order valence-corrected chi connectivity index (χ2v) is 5.41. The minimum absolute atomic E-state index is 0.0380. The first-order valence-corrected chi connectivity index (χ1v) is 6.93. The van der Waals surface area contributed by atoms with Crippen molar-refractivity contribution in [3.05, 3.63) is 0 Å². The summed E-state index contributed by atoms with van der Waals surface area (Å²) in [6, 6.07) is -0.0416. The van der Waals surface area contributed by atoms with Gasteiger partial charge in [-0.3, -0.25) is 9.59 Å². The van der Waals surface area contributed by atoms with Gasteiger partial charge >= 0.3 is 5.97 Å². The average molecular weight is 254 g/mol. The maximum Gasteiger partial charge on any atom is 0.306 e. The van der Waals surface area contributed by atoms with Crippen molar-refractivity contribution in [2.75, 3.05) is 6.54 Å². The molecule has 18 heavy (non-hydrogen) atoms. The summed E-state index contributed by atoms with van der Waals surface area (Å²) < 4.78 is 0. The van der Waals surface area contributed by atoms with Crippen LogP contribution in [0.2, 0.25) is 0 Å². The third kappa shape index (κ3) is 3.45. The maximum absolute atomic E-state index is 12.0. The van der Waals surface area contributed by atoms with E-state index in [-0.39, 0.29) is 23.9 Å². The van der Waals surface area contributed by atoms with Gasteiger partial charge in [0.1, 0.15) is 0 Å². The molecule has 5 nitrogen and oxygen atoms in total. The first kappa shape index (κ1) is 13.3. The number of rotatable bonds is 3. The summed E-state index contributed by atoms with van der Waals surface area (Å²) in [5, 5.41) is 15.2. The molecule has 2 unspecified atom stereocenters. The van der Waals surface area contributed by atoms with Crippen molar-refractivity contribution in [2.24, 2.45) is 5.92 Å². The lowest BCUT2D eigenvalue weighted by molar-refractivity contribution is -0.143. The maximum atomic E-state index is 12.0. The zero-order valence-corrected chi connectivity index (χ0v) is 10.7. The summed E-state index contributed by atoms with van der Waals surface area (Å²) in [4.78, 5) is 23.0. The third-order valence-electron chi connectivity index (χ3n) is 4.00. The van der Waals surface area contributed by atoms with Crippen molar-refractivity contribution >= 4 is 11.9 Å². The quantitative estimate of drug-likeness (QED) is 0.699. The van der Waals surface area contributed by atoms with Crippen molar-refractivity contribution in [1.29, 1.82) is 0 Å². The molecule has 3 N–H and O–H groups in total. The van der Waals surface area contributed by atoms with Gasteiger partial charge in [-0.05, 0) is 38.6 Å². The second-order valence-electron chi connectivity index (χ2n) is 5.41. The standard InChI is InChI=1S/C13H22N2O3/c16-12(11-6-1-2-7-14-11)15-10-5-3-4-9(8-10)13(17)18/h9-11,14H,1-8H2,(H,15,16)(H,17,18)/t9?,10?,11-/m0/s1. The molecular weight excluding hydrogens is 232 g/mol. The van der Waals surface area contributed by atoms with Crippen LogP contribution in [-0.2, 0) is 9.59 Å². The number of amides is 1. The molecule has 0 radical (unpaired) electrons. The van der Waals surface area contributed by atoms with Gasteiger partial charge in [0, 0.05) is 6.04 Å². The van der Waals surface area contributed by atoms with E-state index in [1.807, 2.05) is 0 Å². The average Bonchev–Trinajstić information content (AvgIpc) is 2.40. The van der Waals surface area contributed by atoms with Gasteiger partial charge in [-0.15, -0.1) is 0 Å². The van der Waals surface area contributed by atoms with Crippen molar-refractivity contribution < 1.29 is 14.7 Å². The van der Waals surface area contributed by atoms with Crippen LogP contribution in [0.4, 0.5) is 0 Å². The van der Waals surface area contributed by atoms with Crippen LogP contribution in [0.15, 0.2) is 0 Å². The van der Waals surface area contributed by atoms with E-state index in [2.05, 4.69) is 10.6 Å². The summed E-state index contributed by atoms with van der Waals surface area (Å²) >= 11 is 0. The molecule has 0 spiro atoms. The monoisotopic (exact) mass is 254 g/mol. The lowest BCUT2D eigenvalue weighted by Crippen LogP contribution is -2.50. The molecule has 0 aromatic rings. The molecule has 2 fully saturated rings. The predicted molar refractivity (Wildman–Crippen MR) is 67.2 cm³/mol. The molecule has 2 rings (SSSR count). The fourth-order valence-corrected chi connectivity index (χ4v) is 2.92. The molecule has 0 aromatic carbocycles. The first-order valence-electron chi connectivity index (χ1n) is 6.93. The predicted octanol–water partition coefficient (Wildman–Crippen LogP) is 0.888. The zero-order valence-electron chi connectivity index (χ0n) is 10.7. The molecule has 0 aromatic heterocycles. The Kier molecular flexibility index (Phi) is 4.58. The van der Waals surface area contributed by atoms with Gasteiger partial charge in [0.2, 0.25) is 5.91 Å². The third-order valence-corrected chi connectivity index (χ3v) is 4.00. The highest BCUT2D eigenvalue weighted by atomic mass is 16.4. The van der Waals surface area contributed by atoms with Crippen LogP contribution >= 0.6 is 0 Å². The molecule has 1 aliphatic heterocycles. The van der Waals surface area contributed by atoms with E-state index >= 15 is 0 Å². The fourth-order valence-electron chi connectivity index (χ4n) is 2.92. The number of carboxylic acids is 1. The Morgan fingerprint density at radius 2 is 1.94 bits per heavy atom. The van der Waals surface area contributed by atoms with Gasteiger partial charge in [-0.25, -0.2) is 0 Å². The topological polar surface area (TPSA) is 78.4 Å². The van der Waals surface area contributed by atoms with Crippen molar-refractivity contribution in [3.8, 4) is 0 Å².